The van der Waals surface area contributed by atoms with Crippen molar-refractivity contribution in [2.75, 3.05) is 5.33 Å². The minimum atomic E-state index is -0.238. The summed E-state index contributed by atoms with van der Waals surface area (Å²) < 4.78 is 0. The Morgan fingerprint density at radius 3 is 2.81 bits per heavy atom. The SMILES string of the molecule is O=C(NC1(CBr)CC1)c1cc(O)ccc1Cl. The highest BCUT2D eigenvalue weighted by atomic mass is 79.9. The summed E-state index contributed by atoms with van der Waals surface area (Å²) in [5, 5.41) is 13.3. The Morgan fingerprint density at radius 1 is 1.56 bits per heavy atom. The van der Waals surface area contributed by atoms with Gasteiger partial charge in [0.15, 0.2) is 0 Å². The van der Waals surface area contributed by atoms with Crippen molar-refractivity contribution in [1.82, 2.24) is 5.32 Å². The second kappa shape index (κ2) is 4.26. The first kappa shape index (κ1) is 11.7. The average molecular weight is 305 g/mol. The predicted octanol–water partition coefficient (Wildman–Crippen LogP) is 2.70. The second-order valence-electron chi connectivity index (χ2n) is 4.03. The van der Waals surface area contributed by atoms with Gasteiger partial charge in [-0.1, -0.05) is 27.5 Å². The zero-order chi connectivity index (χ0) is 11.8. The van der Waals surface area contributed by atoms with Gasteiger partial charge in [0, 0.05) is 5.33 Å². The minimum absolute atomic E-state index is 0.0400. The van der Waals surface area contributed by atoms with E-state index in [1.54, 1.807) is 0 Å². The largest absolute Gasteiger partial charge is 0.508 e. The lowest BCUT2D eigenvalue weighted by Crippen LogP contribution is -2.38. The van der Waals surface area contributed by atoms with Crippen LogP contribution in [0.15, 0.2) is 18.2 Å². The molecule has 0 aromatic heterocycles. The summed E-state index contributed by atoms with van der Waals surface area (Å²) in [5.74, 6) is -0.198. The molecule has 0 unspecified atom stereocenters. The molecule has 16 heavy (non-hydrogen) atoms. The van der Waals surface area contributed by atoms with Gasteiger partial charge in [0.1, 0.15) is 5.75 Å². The molecule has 1 amide bonds. The number of carbonyl (C=O) groups is 1. The van der Waals surface area contributed by atoms with Crippen molar-refractivity contribution in [3.8, 4) is 5.75 Å². The van der Waals surface area contributed by atoms with Crippen LogP contribution in [-0.2, 0) is 0 Å². The molecular weight excluding hydrogens is 293 g/mol. The van der Waals surface area contributed by atoms with Gasteiger partial charge in [-0.25, -0.2) is 0 Å². The van der Waals surface area contributed by atoms with E-state index in [1.807, 2.05) is 0 Å². The van der Waals surface area contributed by atoms with Crippen LogP contribution in [-0.4, -0.2) is 21.9 Å². The molecule has 0 radical (unpaired) electrons. The molecule has 1 fully saturated rings. The first-order chi connectivity index (χ1) is 7.56. The van der Waals surface area contributed by atoms with Crippen LogP contribution in [0.2, 0.25) is 5.02 Å². The number of amides is 1. The number of hydrogen-bond acceptors (Lipinski definition) is 2. The van der Waals surface area contributed by atoms with Crippen molar-refractivity contribution in [2.24, 2.45) is 0 Å². The van der Waals surface area contributed by atoms with Crippen molar-refractivity contribution in [2.45, 2.75) is 18.4 Å². The fourth-order valence-electron chi connectivity index (χ4n) is 1.44. The monoisotopic (exact) mass is 303 g/mol. The van der Waals surface area contributed by atoms with E-state index in [4.69, 9.17) is 11.6 Å². The smallest absolute Gasteiger partial charge is 0.253 e. The maximum absolute atomic E-state index is 11.9. The zero-order valence-corrected chi connectivity index (χ0v) is 10.8. The number of phenols is 1. The lowest BCUT2D eigenvalue weighted by molar-refractivity contribution is 0.0936. The third-order valence-electron chi connectivity index (χ3n) is 2.68. The van der Waals surface area contributed by atoms with Crippen LogP contribution in [0.3, 0.4) is 0 Å². The molecule has 1 aliphatic carbocycles. The Bertz CT molecular complexity index is 432. The van der Waals surface area contributed by atoms with Crippen molar-refractivity contribution < 1.29 is 9.90 Å². The maximum atomic E-state index is 11.9. The van der Waals surface area contributed by atoms with Gasteiger partial charge in [0.2, 0.25) is 0 Å². The molecule has 0 aliphatic heterocycles. The van der Waals surface area contributed by atoms with Crippen molar-refractivity contribution in [3.05, 3.63) is 28.8 Å². The predicted molar refractivity (Wildman–Crippen MR) is 66.3 cm³/mol. The van der Waals surface area contributed by atoms with E-state index in [9.17, 15) is 9.90 Å². The van der Waals surface area contributed by atoms with Crippen molar-refractivity contribution >= 4 is 33.4 Å². The first-order valence-corrected chi connectivity index (χ1v) is 6.43. The first-order valence-electron chi connectivity index (χ1n) is 4.93. The van der Waals surface area contributed by atoms with Gasteiger partial charge in [-0.3, -0.25) is 4.79 Å². The number of aromatic hydroxyl groups is 1. The van der Waals surface area contributed by atoms with Crippen LogP contribution >= 0.6 is 27.5 Å². The minimum Gasteiger partial charge on any atom is -0.508 e. The highest BCUT2D eigenvalue weighted by Gasteiger charge is 2.43. The topological polar surface area (TPSA) is 49.3 Å². The Hall–Kier alpha value is -0.740. The average Bonchev–Trinajstić information content (AvgIpc) is 3.02. The number of hydrogen-bond donors (Lipinski definition) is 2. The van der Waals surface area contributed by atoms with Crippen LogP contribution in [0, 0.1) is 0 Å². The van der Waals surface area contributed by atoms with Crippen LogP contribution in [0.5, 0.6) is 5.75 Å². The fraction of sp³-hybridized carbons (Fsp3) is 0.364. The molecular formula is C11H11BrClNO2. The molecule has 1 aromatic carbocycles. The molecule has 0 atom stereocenters. The number of benzene rings is 1. The number of phenolic OH excluding ortho intramolecular Hbond substituents is 1. The van der Waals surface area contributed by atoms with Gasteiger partial charge in [-0.15, -0.1) is 0 Å². The molecule has 86 valence electrons. The molecule has 2 rings (SSSR count). The standard InChI is InChI=1S/C11H11BrClNO2/c12-6-11(3-4-11)14-10(16)8-5-7(15)1-2-9(8)13/h1-2,5,15H,3-4,6H2,(H,14,16). The van der Waals surface area contributed by atoms with Crippen molar-refractivity contribution in [3.63, 3.8) is 0 Å². The Balaban J connectivity index is 2.17. The van der Waals surface area contributed by atoms with Gasteiger partial charge >= 0.3 is 0 Å². The summed E-state index contributed by atoms with van der Waals surface area (Å²) in [6.07, 6.45) is 1.95. The highest BCUT2D eigenvalue weighted by Crippen LogP contribution is 2.37. The number of halogens is 2. The van der Waals surface area contributed by atoms with Crippen molar-refractivity contribution in [1.29, 1.82) is 0 Å². The molecule has 5 heteroatoms. The fourth-order valence-corrected chi connectivity index (χ4v) is 2.34. The normalized spacial score (nSPS) is 16.9. The zero-order valence-electron chi connectivity index (χ0n) is 8.46. The van der Waals surface area contributed by atoms with Gasteiger partial charge in [-0.05, 0) is 31.0 Å². The number of carbonyl (C=O) groups excluding carboxylic acids is 1. The maximum Gasteiger partial charge on any atom is 0.253 e. The summed E-state index contributed by atoms with van der Waals surface area (Å²) >= 11 is 9.27. The quantitative estimate of drug-likeness (QED) is 0.844. The van der Waals surface area contributed by atoms with E-state index >= 15 is 0 Å². The summed E-state index contributed by atoms with van der Waals surface area (Å²) in [6, 6.07) is 4.35. The third-order valence-corrected chi connectivity index (χ3v) is 4.09. The van der Waals surface area contributed by atoms with Gasteiger partial charge in [0.25, 0.3) is 5.91 Å². The van der Waals surface area contributed by atoms with Crippen LogP contribution in [0.25, 0.3) is 0 Å². The van der Waals surface area contributed by atoms with E-state index < -0.39 is 0 Å². The Kier molecular flexibility index (Phi) is 3.13. The lowest BCUT2D eigenvalue weighted by atomic mass is 10.2. The molecule has 0 bridgehead atoms. The van der Waals surface area contributed by atoms with Crippen LogP contribution < -0.4 is 5.32 Å². The Morgan fingerprint density at radius 2 is 2.25 bits per heavy atom. The summed E-state index contributed by atoms with van der Waals surface area (Å²) in [6.45, 7) is 0. The molecule has 2 N–H and O–H groups in total. The molecule has 0 spiro atoms. The van der Waals surface area contributed by atoms with Gasteiger partial charge in [0.05, 0.1) is 16.1 Å². The van der Waals surface area contributed by atoms with Gasteiger partial charge < -0.3 is 10.4 Å². The number of rotatable bonds is 3. The number of nitrogens with one attached hydrogen (secondary N) is 1. The summed E-state index contributed by atoms with van der Waals surface area (Å²) in [7, 11) is 0. The molecule has 3 nitrogen and oxygen atoms in total. The third kappa shape index (κ3) is 2.33. The van der Waals surface area contributed by atoms with E-state index in [0.29, 0.717) is 10.6 Å². The van der Waals surface area contributed by atoms with E-state index in [0.717, 1.165) is 18.2 Å². The molecule has 1 aliphatic rings. The van der Waals surface area contributed by atoms with Crippen LogP contribution in [0.4, 0.5) is 0 Å². The molecule has 1 saturated carbocycles. The second-order valence-corrected chi connectivity index (χ2v) is 5.00. The Labute approximate surface area is 107 Å². The summed E-state index contributed by atoms with van der Waals surface area (Å²) in [4.78, 5) is 11.9. The molecule has 0 heterocycles. The van der Waals surface area contributed by atoms with Crippen LogP contribution in [0.1, 0.15) is 23.2 Å². The molecule has 0 saturated heterocycles. The van der Waals surface area contributed by atoms with E-state index in [1.165, 1.54) is 18.2 Å². The molecule has 1 aromatic rings. The number of alkyl halides is 1. The lowest BCUT2D eigenvalue weighted by Gasteiger charge is -2.14. The highest BCUT2D eigenvalue weighted by molar-refractivity contribution is 9.09. The summed E-state index contributed by atoms with van der Waals surface area (Å²) in [5.41, 5.74) is 0.195. The van der Waals surface area contributed by atoms with E-state index in [2.05, 4.69) is 21.2 Å². The van der Waals surface area contributed by atoms with E-state index in [-0.39, 0.29) is 17.2 Å². The van der Waals surface area contributed by atoms with Gasteiger partial charge in [-0.2, -0.15) is 0 Å².